The highest BCUT2D eigenvalue weighted by Gasteiger charge is 2.53. The number of thiophene rings is 1. The van der Waals surface area contributed by atoms with Crippen LogP contribution in [0.3, 0.4) is 0 Å². The first-order valence-corrected chi connectivity index (χ1v) is 18.9. The maximum atomic E-state index is 7.10. The third-order valence-corrected chi connectivity index (χ3v) is 12.5. The average Bonchev–Trinajstić information content (AvgIpc) is 3.84. The van der Waals surface area contributed by atoms with E-state index in [0.29, 0.717) is 0 Å². The Kier molecular flexibility index (Phi) is 6.48. The molecule has 4 aromatic carbocycles. The summed E-state index contributed by atoms with van der Waals surface area (Å²) in [7, 11) is 0. The summed E-state index contributed by atoms with van der Waals surface area (Å²) in [6.07, 6.45) is 6.87. The number of aryl methyl sites for hydroxylation is 2. The van der Waals surface area contributed by atoms with Crippen molar-refractivity contribution in [2.75, 3.05) is 0 Å². The highest BCUT2D eigenvalue weighted by atomic mass is 32.1. The van der Waals surface area contributed by atoms with Gasteiger partial charge in [-0.25, -0.2) is 0 Å². The highest BCUT2D eigenvalue weighted by Crippen LogP contribution is 2.53. The molecule has 0 amide bonds. The van der Waals surface area contributed by atoms with Gasteiger partial charge in [-0.15, -0.1) is 11.3 Å². The number of hydrogen-bond donors (Lipinski definition) is 0. The number of hydrogen-bond acceptors (Lipinski definition) is 2. The summed E-state index contributed by atoms with van der Waals surface area (Å²) in [5.41, 5.74) is 16.0. The first-order chi connectivity index (χ1) is 24.7. The van der Waals surface area contributed by atoms with E-state index >= 15 is 0 Å². The van der Waals surface area contributed by atoms with Crippen molar-refractivity contribution in [3.63, 3.8) is 0 Å². The van der Waals surface area contributed by atoms with Crippen LogP contribution in [-0.2, 0) is 5.41 Å². The molecule has 51 heavy (non-hydrogen) atoms. The Bertz CT molecular complexity index is 2740. The van der Waals surface area contributed by atoms with Gasteiger partial charge in [-0.05, 0) is 94.3 Å². The standard InChI is InChI=1S/C47H40N2OS/c1-7-37-41(31-16-9-8-15-30(31)38-17-10-11-23-48(37)38)43-34-21-20-32-33-19-18-29-22-24-51-46(29)45(33)50-44(32)42(34)39-25-35(36(26-49(39)43)47(4,5)6)40-27(2)13-12-14-28(40)3/h7-26,37,41,43H,1H2,2-6H3/q+2. The second kappa shape index (κ2) is 10.8. The Morgan fingerprint density at radius 3 is 2.29 bits per heavy atom. The van der Waals surface area contributed by atoms with Crippen molar-refractivity contribution < 1.29 is 13.6 Å². The van der Waals surface area contributed by atoms with Crippen LogP contribution >= 0.6 is 11.3 Å². The van der Waals surface area contributed by atoms with E-state index in [1.165, 1.54) is 82.3 Å². The topological polar surface area (TPSA) is 20.9 Å². The molecule has 0 aliphatic carbocycles. The molecular formula is C47H40N2OS+2. The fourth-order valence-corrected chi connectivity index (χ4v) is 10.2. The number of benzene rings is 4. The predicted molar refractivity (Wildman–Crippen MR) is 211 cm³/mol. The van der Waals surface area contributed by atoms with Crippen LogP contribution in [0.1, 0.15) is 66.6 Å². The van der Waals surface area contributed by atoms with Gasteiger partial charge in [-0.3, -0.25) is 0 Å². The van der Waals surface area contributed by atoms with Crippen LogP contribution in [0.4, 0.5) is 0 Å². The first-order valence-electron chi connectivity index (χ1n) is 18.0. The van der Waals surface area contributed by atoms with Crippen LogP contribution in [0.5, 0.6) is 0 Å². The van der Waals surface area contributed by atoms with Crippen molar-refractivity contribution in [3.8, 4) is 33.6 Å². The summed E-state index contributed by atoms with van der Waals surface area (Å²) in [4.78, 5) is 0. The molecule has 10 rings (SSSR count). The van der Waals surface area contributed by atoms with Crippen molar-refractivity contribution in [1.29, 1.82) is 0 Å². The van der Waals surface area contributed by atoms with E-state index in [1.807, 2.05) is 0 Å². The number of aromatic nitrogens is 2. The Labute approximate surface area is 302 Å². The van der Waals surface area contributed by atoms with Crippen LogP contribution in [0.25, 0.3) is 65.7 Å². The molecule has 4 heteroatoms. The number of pyridine rings is 2. The zero-order valence-corrected chi connectivity index (χ0v) is 30.5. The summed E-state index contributed by atoms with van der Waals surface area (Å²) in [6.45, 7) is 16.0. The Morgan fingerprint density at radius 2 is 1.49 bits per heavy atom. The van der Waals surface area contributed by atoms with Crippen LogP contribution in [0.15, 0.2) is 132 Å². The SMILES string of the molecule is C=CC1C(C2c3ccc4c(oc5c4ccc4ccsc45)c3-c3cc(-c4c(C)cccc4C)c(C(C)(C)C)c[n+]32)c2ccccc2-c2cccc[n+]21. The molecule has 0 radical (unpaired) electrons. The van der Waals surface area contributed by atoms with Crippen molar-refractivity contribution >= 4 is 43.4 Å². The van der Waals surface area contributed by atoms with Gasteiger partial charge in [0.2, 0.25) is 11.4 Å². The van der Waals surface area contributed by atoms with Crippen molar-refractivity contribution in [2.45, 2.75) is 58.0 Å². The van der Waals surface area contributed by atoms with E-state index in [4.69, 9.17) is 4.42 Å². The molecule has 4 aromatic heterocycles. The van der Waals surface area contributed by atoms with Gasteiger partial charge in [-0.1, -0.05) is 75.9 Å². The monoisotopic (exact) mass is 680 g/mol. The molecule has 2 aliphatic rings. The lowest BCUT2D eigenvalue weighted by molar-refractivity contribution is -0.739. The molecule has 3 unspecified atom stereocenters. The van der Waals surface area contributed by atoms with Crippen LogP contribution in [-0.4, -0.2) is 0 Å². The van der Waals surface area contributed by atoms with Crippen LogP contribution in [0, 0.1) is 13.8 Å². The third-order valence-electron chi connectivity index (χ3n) is 11.6. The minimum atomic E-state index is -0.103. The lowest BCUT2D eigenvalue weighted by atomic mass is 9.76. The fraction of sp³-hybridized carbons (Fsp3) is 0.191. The lowest BCUT2D eigenvalue weighted by Crippen LogP contribution is -2.52. The zero-order chi connectivity index (χ0) is 34.8. The maximum Gasteiger partial charge on any atom is 0.218 e. The second-order valence-electron chi connectivity index (χ2n) is 15.5. The molecule has 0 saturated carbocycles. The van der Waals surface area contributed by atoms with Crippen LogP contribution in [0.2, 0.25) is 0 Å². The quantitative estimate of drug-likeness (QED) is 0.134. The number of allylic oxidation sites excluding steroid dienone is 1. The Morgan fingerprint density at radius 1 is 0.725 bits per heavy atom. The first kappa shape index (κ1) is 30.5. The summed E-state index contributed by atoms with van der Waals surface area (Å²) >= 11 is 1.76. The fourth-order valence-electron chi connectivity index (χ4n) is 9.35. The molecule has 0 saturated heterocycles. The van der Waals surface area contributed by atoms with Gasteiger partial charge < -0.3 is 4.42 Å². The smallest absolute Gasteiger partial charge is 0.218 e. The van der Waals surface area contributed by atoms with E-state index in [2.05, 4.69) is 171 Å². The van der Waals surface area contributed by atoms with Gasteiger partial charge in [0.25, 0.3) is 0 Å². The summed E-state index contributed by atoms with van der Waals surface area (Å²) < 4.78 is 13.3. The summed E-state index contributed by atoms with van der Waals surface area (Å²) in [5.74, 6) is 0.0910. The van der Waals surface area contributed by atoms with Gasteiger partial charge in [0, 0.05) is 40.1 Å². The van der Waals surface area contributed by atoms with Gasteiger partial charge >= 0.3 is 0 Å². The Hall–Kier alpha value is -5.32. The summed E-state index contributed by atoms with van der Waals surface area (Å²) in [6, 6.07) is 36.1. The predicted octanol–water partition coefficient (Wildman–Crippen LogP) is 11.7. The molecule has 0 N–H and O–H groups in total. The Balaban J connectivity index is 1.34. The van der Waals surface area contributed by atoms with Crippen molar-refractivity contribution in [1.82, 2.24) is 0 Å². The molecule has 6 heterocycles. The molecule has 0 bridgehead atoms. The number of furan rings is 1. The number of rotatable bonds is 3. The van der Waals surface area contributed by atoms with Gasteiger partial charge in [0.15, 0.2) is 30.1 Å². The molecule has 0 spiro atoms. The second-order valence-corrected chi connectivity index (χ2v) is 16.4. The zero-order valence-electron chi connectivity index (χ0n) is 29.7. The van der Waals surface area contributed by atoms with E-state index in [1.54, 1.807) is 11.3 Å². The number of nitrogens with zero attached hydrogens (tertiary/aromatic N) is 2. The minimum Gasteiger partial charge on any atom is -0.454 e. The maximum absolute atomic E-state index is 7.10. The van der Waals surface area contributed by atoms with Crippen molar-refractivity contribution in [2.24, 2.45) is 0 Å². The number of fused-ring (bicyclic) bond motifs is 12. The summed E-state index contributed by atoms with van der Waals surface area (Å²) in [5, 5.41) is 5.74. The largest absolute Gasteiger partial charge is 0.454 e. The third kappa shape index (κ3) is 4.23. The van der Waals surface area contributed by atoms with E-state index in [-0.39, 0.29) is 23.4 Å². The van der Waals surface area contributed by atoms with Gasteiger partial charge in [0.05, 0.1) is 15.8 Å². The van der Waals surface area contributed by atoms with E-state index in [0.717, 1.165) is 11.2 Å². The highest BCUT2D eigenvalue weighted by molar-refractivity contribution is 7.18. The van der Waals surface area contributed by atoms with Crippen LogP contribution < -0.4 is 9.13 Å². The minimum absolute atomic E-state index is 0.00694. The average molecular weight is 681 g/mol. The molecule has 2 aliphatic heterocycles. The molecular weight excluding hydrogens is 641 g/mol. The molecule has 248 valence electrons. The van der Waals surface area contributed by atoms with E-state index < -0.39 is 0 Å². The lowest BCUT2D eigenvalue weighted by Gasteiger charge is -2.31. The molecule has 0 fully saturated rings. The molecule has 8 aromatic rings. The van der Waals surface area contributed by atoms with E-state index in [9.17, 15) is 0 Å². The van der Waals surface area contributed by atoms with Crippen molar-refractivity contribution in [3.05, 3.63) is 155 Å². The van der Waals surface area contributed by atoms with Gasteiger partial charge in [-0.2, -0.15) is 9.13 Å². The molecule has 3 nitrogen and oxygen atoms in total. The molecule has 3 atom stereocenters. The van der Waals surface area contributed by atoms with Gasteiger partial charge in [0.1, 0.15) is 11.5 Å². The normalized spacial score (nSPS) is 17.8.